The molecule has 1 heterocycles. The normalized spacial score (nSPS) is 19.5. The second kappa shape index (κ2) is 7.02. The van der Waals surface area contributed by atoms with Gasteiger partial charge < -0.3 is 16.0 Å². The van der Waals surface area contributed by atoms with Crippen LogP contribution >= 0.6 is 12.2 Å². The number of H-pyrrole nitrogens is 1. The lowest BCUT2D eigenvalue weighted by molar-refractivity contribution is -0.129. The Hall–Kier alpha value is -1.43. The Balaban J connectivity index is 2.16. The zero-order valence-electron chi connectivity index (χ0n) is 12.5. The standard InChI is InChI=1S/C15H24N4OS/c1-2-11(12-17-9-10-18-12)19-14(20)15(13(16)21)7-5-3-4-6-8-15/h9-11H,2-8H2,1H3,(H2,16,21)(H,17,18)(H,19,20). The molecule has 1 atom stereocenters. The van der Waals surface area contributed by atoms with Crippen LogP contribution in [0.2, 0.25) is 0 Å². The lowest BCUT2D eigenvalue weighted by atomic mass is 9.79. The van der Waals surface area contributed by atoms with Gasteiger partial charge in [0.2, 0.25) is 5.91 Å². The van der Waals surface area contributed by atoms with Crippen molar-refractivity contribution in [1.82, 2.24) is 15.3 Å². The zero-order chi connectivity index (χ0) is 15.3. The van der Waals surface area contributed by atoms with E-state index in [2.05, 4.69) is 15.3 Å². The molecule has 2 rings (SSSR count). The number of aromatic amines is 1. The van der Waals surface area contributed by atoms with Gasteiger partial charge in [0.15, 0.2) is 0 Å². The highest BCUT2D eigenvalue weighted by Gasteiger charge is 2.42. The van der Waals surface area contributed by atoms with E-state index in [0.717, 1.165) is 50.8 Å². The van der Waals surface area contributed by atoms with E-state index in [1.807, 2.05) is 6.92 Å². The number of amides is 1. The molecule has 4 N–H and O–H groups in total. The summed E-state index contributed by atoms with van der Waals surface area (Å²) < 4.78 is 0. The maximum absolute atomic E-state index is 12.9. The molecule has 1 aromatic rings. The molecule has 1 aromatic heterocycles. The van der Waals surface area contributed by atoms with Crippen molar-refractivity contribution >= 4 is 23.1 Å². The number of carbonyl (C=O) groups excluding carboxylic acids is 1. The van der Waals surface area contributed by atoms with Gasteiger partial charge in [0, 0.05) is 12.4 Å². The topological polar surface area (TPSA) is 83.8 Å². The van der Waals surface area contributed by atoms with Crippen LogP contribution in [0.5, 0.6) is 0 Å². The number of hydrogen-bond donors (Lipinski definition) is 3. The third-order valence-electron chi connectivity index (χ3n) is 4.43. The van der Waals surface area contributed by atoms with Crippen molar-refractivity contribution in [3.8, 4) is 0 Å². The average Bonchev–Trinajstić information content (AvgIpc) is 2.87. The van der Waals surface area contributed by atoms with E-state index in [1.165, 1.54) is 0 Å². The fraction of sp³-hybridized carbons (Fsp3) is 0.667. The molecule has 0 aromatic carbocycles. The van der Waals surface area contributed by atoms with Gasteiger partial charge in [0.1, 0.15) is 5.82 Å². The second-order valence-corrected chi connectivity index (χ2v) is 6.21. The van der Waals surface area contributed by atoms with E-state index >= 15 is 0 Å². The first-order valence-corrected chi connectivity index (χ1v) is 8.11. The van der Waals surface area contributed by atoms with Crippen LogP contribution in [0.3, 0.4) is 0 Å². The summed E-state index contributed by atoms with van der Waals surface area (Å²) >= 11 is 5.25. The van der Waals surface area contributed by atoms with Crippen LogP contribution in [0.25, 0.3) is 0 Å². The van der Waals surface area contributed by atoms with Crippen molar-refractivity contribution in [1.29, 1.82) is 0 Å². The molecule has 5 nitrogen and oxygen atoms in total. The summed E-state index contributed by atoms with van der Waals surface area (Å²) in [5, 5.41) is 3.09. The SMILES string of the molecule is CCC(NC(=O)C1(C(N)=S)CCCCCC1)c1ncc[nH]1. The molecule has 0 spiro atoms. The van der Waals surface area contributed by atoms with Crippen molar-refractivity contribution in [2.24, 2.45) is 11.1 Å². The van der Waals surface area contributed by atoms with Crippen LogP contribution in [0.1, 0.15) is 63.7 Å². The lowest BCUT2D eigenvalue weighted by Gasteiger charge is -2.31. The number of thiocarbonyl (C=S) groups is 1. The summed E-state index contributed by atoms with van der Waals surface area (Å²) in [6, 6.07) is -0.123. The minimum atomic E-state index is -0.689. The van der Waals surface area contributed by atoms with E-state index in [0.29, 0.717) is 4.99 Å². The quantitative estimate of drug-likeness (QED) is 0.576. The molecule has 0 saturated heterocycles. The third-order valence-corrected chi connectivity index (χ3v) is 4.82. The van der Waals surface area contributed by atoms with E-state index in [-0.39, 0.29) is 11.9 Å². The number of rotatable bonds is 5. The van der Waals surface area contributed by atoms with Gasteiger partial charge in [-0.3, -0.25) is 4.79 Å². The molecular formula is C15H24N4OS. The zero-order valence-corrected chi connectivity index (χ0v) is 13.3. The molecule has 0 aliphatic heterocycles. The lowest BCUT2D eigenvalue weighted by Crippen LogP contribution is -2.49. The molecule has 1 aliphatic carbocycles. The van der Waals surface area contributed by atoms with Gasteiger partial charge in [0.05, 0.1) is 16.4 Å². The van der Waals surface area contributed by atoms with Crippen LogP contribution in [-0.2, 0) is 4.79 Å². The number of nitrogens with one attached hydrogen (secondary N) is 2. The number of carbonyl (C=O) groups is 1. The summed E-state index contributed by atoms with van der Waals surface area (Å²) in [5.41, 5.74) is 5.27. The predicted octanol–water partition coefficient (Wildman–Crippen LogP) is 2.60. The van der Waals surface area contributed by atoms with Gasteiger partial charge in [-0.1, -0.05) is 44.8 Å². The van der Waals surface area contributed by atoms with Crippen molar-refractivity contribution in [3.05, 3.63) is 18.2 Å². The molecule has 1 unspecified atom stereocenters. The van der Waals surface area contributed by atoms with Gasteiger partial charge in [-0.2, -0.15) is 0 Å². The van der Waals surface area contributed by atoms with Crippen LogP contribution in [0, 0.1) is 5.41 Å². The molecule has 1 amide bonds. The van der Waals surface area contributed by atoms with Crippen LogP contribution in [0.4, 0.5) is 0 Å². The monoisotopic (exact) mass is 308 g/mol. The summed E-state index contributed by atoms with van der Waals surface area (Å²) in [4.78, 5) is 20.5. The second-order valence-electron chi connectivity index (χ2n) is 5.77. The summed E-state index contributed by atoms with van der Waals surface area (Å²) in [6.07, 6.45) is 10.0. The van der Waals surface area contributed by atoms with E-state index in [9.17, 15) is 4.79 Å². The highest BCUT2D eigenvalue weighted by atomic mass is 32.1. The molecule has 1 fully saturated rings. The minimum absolute atomic E-state index is 0.0415. The average molecular weight is 308 g/mol. The van der Waals surface area contributed by atoms with Gasteiger partial charge in [0.25, 0.3) is 0 Å². The number of nitrogens with zero attached hydrogens (tertiary/aromatic N) is 1. The van der Waals surface area contributed by atoms with Gasteiger partial charge in [-0.05, 0) is 19.3 Å². The first kappa shape index (κ1) is 15.9. The minimum Gasteiger partial charge on any atom is -0.392 e. The molecule has 1 aliphatic rings. The van der Waals surface area contributed by atoms with E-state index in [1.54, 1.807) is 12.4 Å². The highest BCUT2D eigenvalue weighted by molar-refractivity contribution is 7.80. The largest absolute Gasteiger partial charge is 0.392 e. The Bertz CT molecular complexity index is 478. The fourth-order valence-electron chi connectivity index (χ4n) is 3.05. The van der Waals surface area contributed by atoms with Crippen molar-refractivity contribution in [2.45, 2.75) is 57.9 Å². The van der Waals surface area contributed by atoms with Crippen LogP contribution in [0.15, 0.2) is 12.4 Å². The Morgan fingerprint density at radius 2 is 2.14 bits per heavy atom. The Labute approximate surface area is 131 Å². The number of hydrogen-bond acceptors (Lipinski definition) is 3. The fourth-order valence-corrected chi connectivity index (χ4v) is 3.34. The first-order valence-electron chi connectivity index (χ1n) is 7.70. The summed E-state index contributed by atoms with van der Waals surface area (Å²) in [7, 11) is 0. The van der Waals surface area contributed by atoms with E-state index < -0.39 is 5.41 Å². The van der Waals surface area contributed by atoms with Crippen molar-refractivity contribution in [3.63, 3.8) is 0 Å². The molecule has 6 heteroatoms. The molecular weight excluding hydrogens is 284 g/mol. The molecule has 1 saturated carbocycles. The van der Waals surface area contributed by atoms with Crippen molar-refractivity contribution in [2.75, 3.05) is 0 Å². The Kier molecular flexibility index (Phi) is 5.33. The third kappa shape index (κ3) is 3.43. The Morgan fingerprint density at radius 3 is 2.62 bits per heavy atom. The number of imidazole rings is 1. The van der Waals surface area contributed by atoms with Gasteiger partial charge >= 0.3 is 0 Å². The molecule has 0 radical (unpaired) electrons. The Morgan fingerprint density at radius 1 is 1.48 bits per heavy atom. The maximum atomic E-state index is 12.9. The van der Waals surface area contributed by atoms with Crippen molar-refractivity contribution < 1.29 is 4.79 Å². The van der Waals surface area contributed by atoms with Gasteiger partial charge in [-0.15, -0.1) is 0 Å². The van der Waals surface area contributed by atoms with Crippen LogP contribution in [-0.4, -0.2) is 20.9 Å². The number of aromatic nitrogens is 2. The molecule has 21 heavy (non-hydrogen) atoms. The summed E-state index contributed by atoms with van der Waals surface area (Å²) in [6.45, 7) is 2.02. The van der Waals surface area contributed by atoms with Gasteiger partial charge in [-0.25, -0.2) is 4.98 Å². The molecule has 0 bridgehead atoms. The smallest absolute Gasteiger partial charge is 0.233 e. The maximum Gasteiger partial charge on any atom is 0.233 e. The number of nitrogens with two attached hydrogens (primary N) is 1. The molecule has 116 valence electrons. The predicted molar refractivity (Wildman–Crippen MR) is 86.7 cm³/mol. The first-order chi connectivity index (χ1) is 10.1. The summed E-state index contributed by atoms with van der Waals surface area (Å²) in [5.74, 6) is 0.734. The van der Waals surface area contributed by atoms with Crippen LogP contribution < -0.4 is 11.1 Å². The van der Waals surface area contributed by atoms with E-state index in [4.69, 9.17) is 18.0 Å². The highest BCUT2D eigenvalue weighted by Crippen LogP contribution is 2.36.